The predicted molar refractivity (Wildman–Crippen MR) is 80.2 cm³/mol. The highest BCUT2D eigenvalue weighted by Gasteiger charge is 2.42. The molecule has 5 nitrogen and oxygen atoms in total. The first kappa shape index (κ1) is 15.0. The fraction of sp³-hybridized carbons (Fsp3) is 0.571. The zero-order chi connectivity index (χ0) is 15.1. The molecule has 1 aliphatic heterocycles. The van der Waals surface area contributed by atoms with E-state index >= 15 is 0 Å². The van der Waals surface area contributed by atoms with Crippen molar-refractivity contribution in [3.63, 3.8) is 0 Å². The minimum absolute atomic E-state index is 0.222. The summed E-state index contributed by atoms with van der Waals surface area (Å²) in [7, 11) is -6.54. The van der Waals surface area contributed by atoms with Crippen LogP contribution in [-0.4, -0.2) is 44.7 Å². The zero-order valence-electron chi connectivity index (χ0n) is 11.7. The van der Waals surface area contributed by atoms with Gasteiger partial charge in [0, 0.05) is 13.1 Å². The number of hydrogen-bond donors (Lipinski definition) is 0. The highest BCUT2D eigenvalue weighted by molar-refractivity contribution is 7.92. The third-order valence-electron chi connectivity index (χ3n) is 4.22. The monoisotopic (exact) mass is 329 g/mol. The smallest absolute Gasteiger partial charge is 0.216 e. The summed E-state index contributed by atoms with van der Waals surface area (Å²) in [4.78, 5) is 0.327. The quantitative estimate of drug-likeness (QED) is 0.837. The lowest BCUT2D eigenvalue weighted by atomic mass is 10.2. The van der Waals surface area contributed by atoms with Gasteiger partial charge in [-0.1, -0.05) is 18.2 Å². The first-order chi connectivity index (χ1) is 9.92. The van der Waals surface area contributed by atoms with E-state index in [2.05, 4.69) is 0 Å². The van der Waals surface area contributed by atoms with Gasteiger partial charge in [-0.15, -0.1) is 0 Å². The van der Waals surface area contributed by atoms with Crippen LogP contribution in [0, 0.1) is 0 Å². The second kappa shape index (κ2) is 5.37. The van der Waals surface area contributed by atoms with Gasteiger partial charge in [0.2, 0.25) is 10.0 Å². The van der Waals surface area contributed by atoms with Crippen LogP contribution in [-0.2, 0) is 19.9 Å². The highest BCUT2D eigenvalue weighted by atomic mass is 32.2. The van der Waals surface area contributed by atoms with Gasteiger partial charge in [0.25, 0.3) is 0 Å². The molecule has 1 aliphatic carbocycles. The molecule has 0 spiro atoms. The standard InChI is InChI=1S/C14H19NO4S2/c16-20(17,12-4-2-1-3-5-12)13-8-10-15(11-9-13)21(18,19)14-6-7-14/h1-5,13-14H,6-11H2. The Bertz CT molecular complexity index is 701. The molecule has 1 heterocycles. The normalized spacial score (nSPS) is 22.3. The Balaban J connectivity index is 1.71. The molecule has 0 amide bonds. The summed E-state index contributed by atoms with van der Waals surface area (Å²) >= 11 is 0. The van der Waals surface area contributed by atoms with Crippen molar-refractivity contribution in [3.8, 4) is 0 Å². The molecule has 0 atom stereocenters. The molecule has 3 rings (SSSR count). The van der Waals surface area contributed by atoms with E-state index in [4.69, 9.17) is 0 Å². The van der Waals surface area contributed by atoms with E-state index in [1.165, 1.54) is 4.31 Å². The number of sulfonamides is 1. The molecule has 0 bridgehead atoms. The van der Waals surface area contributed by atoms with E-state index in [-0.39, 0.29) is 5.25 Å². The van der Waals surface area contributed by atoms with Crippen LogP contribution in [0.1, 0.15) is 25.7 Å². The van der Waals surface area contributed by atoms with Crippen LogP contribution in [0.4, 0.5) is 0 Å². The van der Waals surface area contributed by atoms with E-state index in [0.717, 1.165) is 12.8 Å². The van der Waals surface area contributed by atoms with Crippen molar-refractivity contribution in [3.05, 3.63) is 30.3 Å². The van der Waals surface area contributed by atoms with Gasteiger partial charge in [-0.3, -0.25) is 0 Å². The number of nitrogens with zero attached hydrogens (tertiary/aromatic N) is 1. The molecule has 116 valence electrons. The summed E-state index contributed by atoms with van der Waals surface area (Å²) in [5, 5.41) is -0.703. The van der Waals surface area contributed by atoms with E-state index in [0.29, 0.717) is 30.8 Å². The van der Waals surface area contributed by atoms with E-state index in [1.807, 2.05) is 0 Å². The summed E-state index contributed by atoms with van der Waals surface area (Å²) in [6.45, 7) is 0.630. The predicted octanol–water partition coefficient (Wildman–Crippen LogP) is 1.42. The maximum atomic E-state index is 12.5. The molecule has 1 saturated carbocycles. The van der Waals surface area contributed by atoms with Crippen molar-refractivity contribution in [1.29, 1.82) is 0 Å². The van der Waals surface area contributed by atoms with E-state index in [1.54, 1.807) is 30.3 Å². The lowest BCUT2D eigenvalue weighted by Gasteiger charge is -2.31. The van der Waals surface area contributed by atoms with Crippen LogP contribution in [0.5, 0.6) is 0 Å². The summed E-state index contributed by atoms with van der Waals surface area (Å²) in [5.41, 5.74) is 0. The van der Waals surface area contributed by atoms with Gasteiger partial charge >= 0.3 is 0 Å². The number of benzene rings is 1. The van der Waals surface area contributed by atoms with Gasteiger partial charge in [0.15, 0.2) is 9.84 Å². The molecule has 21 heavy (non-hydrogen) atoms. The van der Waals surface area contributed by atoms with Crippen LogP contribution >= 0.6 is 0 Å². The molecule has 0 unspecified atom stereocenters. The maximum Gasteiger partial charge on any atom is 0.216 e. The van der Waals surface area contributed by atoms with Crippen molar-refractivity contribution in [2.45, 2.75) is 41.1 Å². The largest absolute Gasteiger partial charge is 0.223 e. The molecular formula is C14H19NO4S2. The lowest BCUT2D eigenvalue weighted by Crippen LogP contribution is -2.43. The zero-order valence-corrected chi connectivity index (χ0v) is 13.3. The van der Waals surface area contributed by atoms with Crippen molar-refractivity contribution >= 4 is 19.9 Å². The molecule has 1 aromatic rings. The first-order valence-electron chi connectivity index (χ1n) is 7.20. The van der Waals surface area contributed by atoms with Crippen LogP contribution < -0.4 is 0 Å². The molecular weight excluding hydrogens is 310 g/mol. The van der Waals surface area contributed by atoms with E-state index < -0.39 is 25.1 Å². The van der Waals surface area contributed by atoms with Gasteiger partial charge in [-0.25, -0.2) is 21.1 Å². The summed E-state index contributed by atoms with van der Waals surface area (Å²) in [5.74, 6) is 0. The molecule has 7 heteroatoms. The third-order valence-corrected chi connectivity index (χ3v) is 8.89. The molecule has 0 radical (unpaired) electrons. The van der Waals surface area contributed by atoms with Gasteiger partial charge in [0.1, 0.15) is 0 Å². The average Bonchev–Trinajstić information content (AvgIpc) is 3.33. The van der Waals surface area contributed by atoms with Crippen molar-refractivity contribution in [2.24, 2.45) is 0 Å². The Morgan fingerprint density at radius 1 is 0.810 bits per heavy atom. The molecule has 1 aromatic carbocycles. The van der Waals surface area contributed by atoms with Crippen molar-refractivity contribution in [2.75, 3.05) is 13.1 Å². The van der Waals surface area contributed by atoms with Gasteiger partial charge < -0.3 is 0 Å². The average molecular weight is 329 g/mol. The van der Waals surface area contributed by atoms with Crippen molar-refractivity contribution < 1.29 is 16.8 Å². The highest BCUT2D eigenvalue weighted by Crippen LogP contribution is 2.33. The molecule has 0 aromatic heterocycles. The van der Waals surface area contributed by atoms with Crippen molar-refractivity contribution in [1.82, 2.24) is 4.31 Å². The summed E-state index contributed by atoms with van der Waals surface area (Å²) < 4.78 is 50.8. The number of piperidine rings is 1. The summed E-state index contributed by atoms with van der Waals surface area (Å²) in [6.07, 6.45) is 2.24. The number of sulfone groups is 1. The first-order valence-corrected chi connectivity index (χ1v) is 10.3. The maximum absolute atomic E-state index is 12.5. The fourth-order valence-corrected chi connectivity index (χ4v) is 6.40. The number of rotatable bonds is 4. The third kappa shape index (κ3) is 2.86. The van der Waals surface area contributed by atoms with Crippen LogP contribution in [0.2, 0.25) is 0 Å². The molecule has 0 N–H and O–H groups in total. The Hall–Kier alpha value is -0.920. The van der Waals surface area contributed by atoms with Crippen LogP contribution in [0.25, 0.3) is 0 Å². The minimum atomic E-state index is -3.36. The fourth-order valence-electron chi connectivity index (χ4n) is 2.78. The Labute approximate surface area is 125 Å². The second-order valence-corrected chi connectivity index (χ2v) is 10.1. The second-order valence-electron chi connectivity index (χ2n) is 5.70. The van der Waals surface area contributed by atoms with E-state index in [9.17, 15) is 16.8 Å². The Morgan fingerprint density at radius 2 is 1.38 bits per heavy atom. The number of hydrogen-bond acceptors (Lipinski definition) is 4. The molecule has 2 fully saturated rings. The Morgan fingerprint density at radius 3 is 1.90 bits per heavy atom. The summed E-state index contributed by atoms with van der Waals surface area (Å²) in [6, 6.07) is 8.40. The lowest BCUT2D eigenvalue weighted by molar-refractivity contribution is 0.345. The van der Waals surface area contributed by atoms with Gasteiger partial charge in [0.05, 0.1) is 15.4 Å². The minimum Gasteiger partial charge on any atom is -0.223 e. The SMILES string of the molecule is O=S(=O)(c1ccccc1)C1CCN(S(=O)(=O)C2CC2)CC1. The molecule has 1 saturated heterocycles. The Kier molecular flexibility index (Phi) is 3.83. The van der Waals surface area contributed by atoms with Gasteiger partial charge in [-0.2, -0.15) is 0 Å². The topological polar surface area (TPSA) is 71.5 Å². The van der Waals surface area contributed by atoms with Crippen LogP contribution in [0.15, 0.2) is 35.2 Å². The molecule has 2 aliphatic rings. The van der Waals surface area contributed by atoms with Crippen LogP contribution in [0.3, 0.4) is 0 Å². The van der Waals surface area contributed by atoms with Gasteiger partial charge in [-0.05, 0) is 37.8 Å².